The Kier molecular flexibility index (Phi) is 6.84. The van der Waals surface area contributed by atoms with E-state index in [1.165, 1.54) is 7.11 Å². The van der Waals surface area contributed by atoms with E-state index in [9.17, 15) is 9.59 Å². The van der Waals surface area contributed by atoms with E-state index in [-0.39, 0.29) is 12.1 Å². The summed E-state index contributed by atoms with van der Waals surface area (Å²) in [7, 11) is 3.28. The molecule has 0 bridgehead atoms. The quantitative estimate of drug-likeness (QED) is 0.740. The van der Waals surface area contributed by atoms with Gasteiger partial charge in [0.05, 0.1) is 7.11 Å². The Hall–Kier alpha value is -3.22. The highest BCUT2D eigenvalue weighted by molar-refractivity contribution is 5.91. The average Bonchev–Trinajstić information content (AvgIpc) is 2.66. The zero-order chi connectivity index (χ0) is 18.9. The highest BCUT2D eigenvalue weighted by Gasteiger charge is 2.11. The van der Waals surface area contributed by atoms with Crippen LogP contribution in [0.4, 0.5) is 26.7 Å². The molecule has 0 unspecified atom stereocenters. The molecule has 0 radical (unpaired) electrons. The lowest BCUT2D eigenvalue weighted by Crippen LogP contribution is -2.41. The van der Waals surface area contributed by atoms with E-state index in [0.717, 1.165) is 5.69 Å². The van der Waals surface area contributed by atoms with E-state index in [1.807, 2.05) is 44.3 Å². The molecule has 7 heteroatoms. The van der Waals surface area contributed by atoms with E-state index < -0.39 is 6.09 Å². The van der Waals surface area contributed by atoms with Crippen molar-refractivity contribution in [3.63, 3.8) is 0 Å². The van der Waals surface area contributed by atoms with Gasteiger partial charge in [0.25, 0.3) is 0 Å². The Morgan fingerprint density at radius 3 is 2.35 bits per heavy atom. The number of nitrogens with zero attached hydrogens (tertiary/aromatic N) is 1. The number of ether oxygens (including phenoxy) is 1. The summed E-state index contributed by atoms with van der Waals surface area (Å²) >= 11 is 0. The lowest BCUT2D eigenvalue weighted by molar-refractivity contribution is 0.187. The van der Waals surface area contributed by atoms with Crippen molar-refractivity contribution in [2.45, 2.75) is 13.0 Å². The van der Waals surface area contributed by atoms with Gasteiger partial charge >= 0.3 is 12.1 Å². The highest BCUT2D eigenvalue weighted by Crippen LogP contribution is 2.16. The SMILES string of the molecule is COC(=O)Nc1cccc(NC(=O)NC[C@@H](C)N(C)c2ccccc2)c1. The molecule has 2 aromatic rings. The molecule has 0 aliphatic carbocycles. The Morgan fingerprint density at radius 2 is 1.69 bits per heavy atom. The van der Waals surface area contributed by atoms with Crippen molar-refractivity contribution in [3.05, 3.63) is 54.6 Å². The molecule has 0 fully saturated rings. The number of urea groups is 1. The number of methoxy groups -OCH3 is 1. The molecule has 3 amide bonds. The van der Waals surface area contributed by atoms with Crippen LogP contribution in [0, 0.1) is 0 Å². The average molecular weight is 356 g/mol. The van der Waals surface area contributed by atoms with Crippen molar-refractivity contribution < 1.29 is 14.3 Å². The molecular formula is C19H24N4O3. The number of rotatable bonds is 6. The van der Waals surface area contributed by atoms with Crippen LogP contribution in [0.5, 0.6) is 0 Å². The fourth-order valence-electron chi connectivity index (χ4n) is 2.31. The molecule has 138 valence electrons. The van der Waals surface area contributed by atoms with E-state index >= 15 is 0 Å². The summed E-state index contributed by atoms with van der Waals surface area (Å²) in [6.07, 6.45) is -0.565. The van der Waals surface area contributed by atoms with Gasteiger partial charge in [0.2, 0.25) is 0 Å². The van der Waals surface area contributed by atoms with Crippen LogP contribution in [0.25, 0.3) is 0 Å². The number of hydrogen-bond donors (Lipinski definition) is 3. The molecule has 0 aliphatic heterocycles. The van der Waals surface area contributed by atoms with Gasteiger partial charge in [-0.3, -0.25) is 5.32 Å². The minimum Gasteiger partial charge on any atom is -0.453 e. The summed E-state index contributed by atoms with van der Waals surface area (Å²) in [5.41, 5.74) is 2.19. The van der Waals surface area contributed by atoms with Gasteiger partial charge in [0.15, 0.2) is 0 Å². The number of benzene rings is 2. The first-order valence-electron chi connectivity index (χ1n) is 8.27. The van der Waals surface area contributed by atoms with Crippen molar-refractivity contribution in [2.75, 3.05) is 36.2 Å². The lowest BCUT2D eigenvalue weighted by Gasteiger charge is -2.27. The topological polar surface area (TPSA) is 82.7 Å². The standard InChI is InChI=1S/C19H24N4O3/c1-14(23(2)17-10-5-4-6-11-17)13-20-18(24)21-15-8-7-9-16(12-15)22-19(25)26-3/h4-12,14H,13H2,1-3H3,(H,22,25)(H2,20,21,24)/t14-/m1/s1. The molecule has 0 saturated heterocycles. The van der Waals surface area contributed by atoms with E-state index in [4.69, 9.17) is 0 Å². The third-order valence-corrected chi connectivity index (χ3v) is 3.93. The molecule has 1 atom stereocenters. The third-order valence-electron chi connectivity index (χ3n) is 3.93. The fraction of sp³-hybridized carbons (Fsp3) is 0.263. The molecule has 0 aliphatic rings. The zero-order valence-corrected chi connectivity index (χ0v) is 15.2. The maximum Gasteiger partial charge on any atom is 0.411 e. The van der Waals surface area contributed by atoms with E-state index in [0.29, 0.717) is 17.9 Å². The Balaban J connectivity index is 1.85. The van der Waals surface area contributed by atoms with Gasteiger partial charge in [-0.15, -0.1) is 0 Å². The Bertz CT molecular complexity index is 737. The second kappa shape index (κ2) is 9.31. The van der Waals surface area contributed by atoms with Crippen LogP contribution < -0.4 is 20.9 Å². The van der Waals surface area contributed by atoms with Crippen LogP contribution in [0.3, 0.4) is 0 Å². The van der Waals surface area contributed by atoms with Crippen LogP contribution in [0.1, 0.15) is 6.92 Å². The summed E-state index contributed by atoms with van der Waals surface area (Å²) in [4.78, 5) is 25.4. The number of anilines is 3. The molecule has 0 aromatic heterocycles. The first-order chi connectivity index (χ1) is 12.5. The predicted octanol–water partition coefficient (Wildman–Crippen LogP) is 3.51. The first-order valence-corrected chi connectivity index (χ1v) is 8.27. The van der Waals surface area contributed by atoms with E-state index in [1.54, 1.807) is 24.3 Å². The van der Waals surface area contributed by atoms with Crippen molar-refractivity contribution >= 4 is 29.2 Å². The molecule has 26 heavy (non-hydrogen) atoms. The summed E-state index contributed by atoms with van der Waals surface area (Å²) < 4.78 is 4.54. The molecule has 2 rings (SSSR count). The number of carbonyl (C=O) groups is 2. The van der Waals surface area contributed by atoms with Gasteiger partial charge in [0.1, 0.15) is 0 Å². The number of para-hydroxylation sites is 1. The van der Waals surface area contributed by atoms with Crippen LogP contribution in [-0.2, 0) is 4.74 Å². The monoisotopic (exact) mass is 356 g/mol. The summed E-state index contributed by atoms with van der Waals surface area (Å²) in [6.45, 7) is 2.52. The Morgan fingerprint density at radius 1 is 1.04 bits per heavy atom. The van der Waals surface area contributed by atoms with Gasteiger partial charge < -0.3 is 20.3 Å². The molecular weight excluding hydrogens is 332 g/mol. The van der Waals surface area contributed by atoms with Crippen molar-refractivity contribution in [2.24, 2.45) is 0 Å². The minimum atomic E-state index is -0.565. The normalized spacial score (nSPS) is 11.2. The van der Waals surface area contributed by atoms with Crippen molar-refractivity contribution in [3.8, 4) is 0 Å². The predicted molar refractivity (Wildman–Crippen MR) is 104 cm³/mol. The number of likely N-dealkylation sites (N-methyl/N-ethyl adjacent to an activating group) is 1. The smallest absolute Gasteiger partial charge is 0.411 e. The molecule has 7 nitrogen and oxygen atoms in total. The second-order valence-corrected chi connectivity index (χ2v) is 5.83. The minimum absolute atomic E-state index is 0.121. The van der Waals surface area contributed by atoms with Gasteiger partial charge in [-0.1, -0.05) is 24.3 Å². The maximum absolute atomic E-state index is 12.1. The van der Waals surface area contributed by atoms with Gasteiger partial charge in [-0.2, -0.15) is 0 Å². The molecule has 2 aromatic carbocycles. The van der Waals surface area contributed by atoms with Gasteiger partial charge in [0, 0.05) is 36.7 Å². The third kappa shape index (κ3) is 5.70. The maximum atomic E-state index is 12.1. The number of nitrogens with one attached hydrogen (secondary N) is 3. The van der Waals surface area contributed by atoms with E-state index in [2.05, 4.69) is 25.6 Å². The van der Waals surface area contributed by atoms with Gasteiger partial charge in [-0.25, -0.2) is 9.59 Å². The first kappa shape index (κ1) is 19.1. The number of hydrogen-bond acceptors (Lipinski definition) is 4. The summed E-state index contributed by atoms with van der Waals surface area (Å²) in [6, 6.07) is 16.6. The van der Waals surface area contributed by atoms with Crippen LogP contribution in [0.2, 0.25) is 0 Å². The molecule has 3 N–H and O–H groups in total. The lowest BCUT2D eigenvalue weighted by atomic mass is 10.2. The molecule has 0 spiro atoms. The second-order valence-electron chi connectivity index (χ2n) is 5.83. The van der Waals surface area contributed by atoms with Crippen molar-refractivity contribution in [1.82, 2.24) is 5.32 Å². The summed E-state index contributed by atoms with van der Waals surface area (Å²) in [5.74, 6) is 0. The molecule has 0 saturated carbocycles. The fourth-order valence-corrected chi connectivity index (χ4v) is 2.31. The number of carbonyl (C=O) groups excluding carboxylic acids is 2. The largest absolute Gasteiger partial charge is 0.453 e. The highest BCUT2D eigenvalue weighted by atomic mass is 16.5. The number of amides is 3. The molecule has 0 heterocycles. The summed E-state index contributed by atoms with van der Waals surface area (Å²) in [5, 5.41) is 8.15. The van der Waals surface area contributed by atoms with Crippen LogP contribution in [-0.4, -0.2) is 38.9 Å². The van der Waals surface area contributed by atoms with Gasteiger partial charge in [-0.05, 0) is 37.3 Å². The van der Waals surface area contributed by atoms with Crippen LogP contribution >= 0.6 is 0 Å². The zero-order valence-electron chi connectivity index (χ0n) is 15.2. The van der Waals surface area contributed by atoms with Crippen LogP contribution in [0.15, 0.2) is 54.6 Å². The Labute approximate surface area is 153 Å². The van der Waals surface area contributed by atoms with Crippen molar-refractivity contribution in [1.29, 1.82) is 0 Å².